The second-order valence-electron chi connectivity index (χ2n) is 21.3. The second-order valence-corrected chi connectivity index (χ2v) is 21.3. The second kappa shape index (κ2) is 66.8. The summed E-state index contributed by atoms with van der Waals surface area (Å²) in [6.45, 7) is 6.36. The van der Waals surface area contributed by atoms with Crippen LogP contribution in [0.3, 0.4) is 0 Å². The van der Waals surface area contributed by atoms with Crippen LogP contribution >= 0.6 is 0 Å². The van der Waals surface area contributed by atoms with Crippen LogP contribution < -0.4 is 0 Å². The molecule has 0 amide bonds. The Morgan fingerprint density at radius 1 is 0.263 bits per heavy atom. The number of esters is 3. The van der Waals surface area contributed by atoms with Gasteiger partial charge in [-0.15, -0.1) is 0 Å². The maximum atomic E-state index is 12.9. The predicted octanol–water partition coefficient (Wildman–Crippen LogP) is 22.7. The molecule has 0 N–H and O–H groups in total. The molecule has 6 nitrogen and oxygen atoms in total. The number of unbranched alkanes of at least 4 members (excludes halogenated alkanes) is 23. The molecule has 0 rings (SSSR count). The van der Waals surface area contributed by atoms with Crippen molar-refractivity contribution in [3.8, 4) is 0 Å². The number of ether oxygens (including phenoxy) is 3. The minimum Gasteiger partial charge on any atom is -0.462 e. The van der Waals surface area contributed by atoms with Gasteiger partial charge in [-0.2, -0.15) is 0 Å². The number of rotatable bonds is 58. The molecule has 80 heavy (non-hydrogen) atoms. The van der Waals surface area contributed by atoms with Gasteiger partial charge >= 0.3 is 17.9 Å². The summed E-state index contributed by atoms with van der Waals surface area (Å²) in [5.74, 6) is -0.941. The number of carbonyl (C=O) groups is 3. The predicted molar refractivity (Wildman–Crippen MR) is 348 cm³/mol. The molecule has 1 unspecified atom stereocenters. The van der Waals surface area contributed by atoms with E-state index in [2.05, 4.69) is 167 Å². The molecule has 0 spiro atoms. The first-order valence-corrected chi connectivity index (χ1v) is 32.8. The average Bonchev–Trinajstić information content (AvgIpc) is 3.46. The highest BCUT2D eigenvalue weighted by Gasteiger charge is 2.19. The SMILES string of the molecule is CC/C=C\C/C=C\C/C=C\C/C=C\C/C=C\C/C=C\C/C=C\CCCCCCCCCCCC(=O)OCC(COC(=O)CCCCC/C=C\C/C=C\C/C=C\CC)OC(=O)CCCCCCCCC/C=C\C/C=C\CCCCCC. The largest absolute Gasteiger partial charge is 0.462 e. The first kappa shape index (κ1) is 75.3. The first-order valence-electron chi connectivity index (χ1n) is 32.8. The third-order valence-electron chi connectivity index (χ3n) is 13.6. The van der Waals surface area contributed by atoms with Crippen molar-refractivity contribution in [2.24, 2.45) is 0 Å². The van der Waals surface area contributed by atoms with Crippen LogP contribution in [0.5, 0.6) is 0 Å². The molecule has 0 aliphatic rings. The summed E-state index contributed by atoms with van der Waals surface area (Å²) in [5, 5.41) is 0. The Morgan fingerprint density at radius 2 is 0.487 bits per heavy atom. The molecule has 0 aromatic heterocycles. The van der Waals surface area contributed by atoms with Crippen LogP contribution in [0.4, 0.5) is 0 Å². The van der Waals surface area contributed by atoms with Gasteiger partial charge in [-0.3, -0.25) is 14.4 Å². The van der Waals surface area contributed by atoms with Crippen molar-refractivity contribution in [3.05, 3.63) is 146 Å². The zero-order chi connectivity index (χ0) is 57.8. The molecule has 0 aromatic rings. The number of hydrogen-bond acceptors (Lipinski definition) is 6. The highest BCUT2D eigenvalue weighted by Crippen LogP contribution is 2.15. The van der Waals surface area contributed by atoms with Crippen LogP contribution in [0.1, 0.15) is 284 Å². The highest BCUT2D eigenvalue weighted by molar-refractivity contribution is 5.71. The van der Waals surface area contributed by atoms with E-state index in [0.717, 1.165) is 148 Å². The number of hydrogen-bond donors (Lipinski definition) is 0. The van der Waals surface area contributed by atoms with Gasteiger partial charge in [0, 0.05) is 19.3 Å². The number of carbonyl (C=O) groups excluding carboxylic acids is 3. The fourth-order valence-electron chi connectivity index (χ4n) is 8.70. The molecule has 452 valence electrons. The molecule has 0 bridgehead atoms. The van der Waals surface area contributed by atoms with Gasteiger partial charge in [-0.25, -0.2) is 0 Å². The van der Waals surface area contributed by atoms with Crippen molar-refractivity contribution in [3.63, 3.8) is 0 Å². The maximum absolute atomic E-state index is 12.9. The molecule has 1 atom stereocenters. The molecule has 0 saturated carbocycles. The minimum absolute atomic E-state index is 0.0981. The van der Waals surface area contributed by atoms with Crippen LogP contribution in [0.25, 0.3) is 0 Å². The normalized spacial score (nSPS) is 13.1. The Labute approximate surface area is 493 Å². The van der Waals surface area contributed by atoms with Gasteiger partial charge in [-0.05, 0) is 141 Å². The molecule has 0 radical (unpaired) electrons. The molecule has 0 fully saturated rings. The smallest absolute Gasteiger partial charge is 0.306 e. The van der Waals surface area contributed by atoms with Gasteiger partial charge in [0.05, 0.1) is 0 Å². The quantitative estimate of drug-likeness (QED) is 0.0261. The van der Waals surface area contributed by atoms with Gasteiger partial charge in [0.2, 0.25) is 0 Å². The molecule has 0 saturated heterocycles. The summed E-state index contributed by atoms with van der Waals surface area (Å²) in [6.07, 6.45) is 95.7. The zero-order valence-electron chi connectivity index (χ0n) is 51.8. The van der Waals surface area contributed by atoms with Crippen molar-refractivity contribution < 1.29 is 28.6 Å². The van der Waals surface area contributed by atoms with Crippen molar-refractivity contribution >= 4 is 17.9 Å². The Bertz CT molecular complexity index is 1750. The van der Waals surface area contributed by atoms with Gasteiger partial charge in [-0.1, -0.05) is 269 Å². The molecule has 6 heteroatoms. The third-order valence-corrected chi connectivity index (χ3v) is 13.6. The van der Waals surface area contributed by atoms with Gasteiger partial charge in [0.25, 0.3) is 0 Å². The fourth-order valence-corrected chi connectivity index (χ4v) is 8.70. The van der Waals surface area contributed by atoms with E-state index in [1.165, 1.54) is 96.3 Å². The minimum atomic E-state index is -0.803. The van der Waals surface area contributed by atoms with Crippen LogP contribution in [-0.4, -0.2) is 37.2 Å². The van der Waals surface area contributed by atoms with E-state index < -0.39 is 6.10 Å². The molecular formula is C74H120O6. The third kappa shape index (κ3) is 64.1. The van der Waals surface area contributed by atoms with Crippen molar-refractivity contribution in [1.29, 1.82) is 0 Å². The topological polar surface area (TPSA) is 78.9 Å². The summed E-state index contributed by atoms with van der Waals surface area (Å²) in [6, 6.07) is 0. The molecule has 0 aliphatic heterocycles. The lowest BCUT2D eigenvalue weighted by Crippen LogP contribution is -2.30. The summed E-state index contributed by atoms with van der Waals surface area (Å²) in [7, 11) is 0. The van der Waals surface area contributed by atoms with Gasteiger partial charge in [0.1, 0.15) is 13.2 Å². The lowest BCUT2D eigenvalue weighted by Gasteiger charge is -2.18. The Hall–Kier alpha value is -4.71. The van der Waals surface area contributed by atoms with E-state index in [4.69, 9.17) is 14.2 Å². The molecular weight excluding hydrogens is 985 g/mol. The maximum Gasteiger partial charge on any atom is 0.306 e. The van der Waals surface area contributed by atoms with E-state index in [-0.39, 0.29) is 31.1 Å². The average molecular weight is 1110 g/mol. The Kier molecular flexibility index (Phi) is 62.9. The van der Waals surface area contributed by atoms with E-state index in [9.17, 15) is 14.4 Å². The lowest BCUT2D eigenvalue weighted by molar-refractivity contribution is -0.167. The van der Waals surface area contributed by atoms with E-state index >= 15 is 0 Å². The first-order chi connectivity index (χ1) is 39.5. The molecule has 0 aliphatic carbocycles. The van der Waals surface area contributed by atoms with Crippen molar-refractivity contribution in [1.82, 2.24) is 0 Å². The molecule has 0 aromatic carbocycles. The van der Waals surface area contributed by atoms with Crippen LogP contribution in [-0.2, 0) is 28.6 Å². The highest BCUT2D eigenvalue weighted by atomic mass is 16.6. The van der Waals surface area contributed by atoms with Crippen LogP contribution in [0.15, 0.2) is 146 Å². The van der Waals surface area contributed by atoms with Gasteiger partial charge in [0.15, 0.2) is 6.10 Å². The summed E-state index contributed by atoms with van der Waals surface area (Å²) >= 11 is 0. The molecule has 0 heterocycles. The fraction of sp³-hybridized carbons (Fsp3) is 0.635. The lowest BCUT2D eigenvalue weighted by atomic mass is 10.1. The zero-order valence-corrected chi connectivity index (χ0v) is 51.8. The van der Waals surface area contributed by atoms with Crippen molar-refractivity contribution in [2.75, 3.05) is 13.2 Å². The van der Waals surface area contributed by atoms with E-state index in [1.54, 1.807) is 0 Å². The summed E-state index contributed by atoms with van der Waals surface area (Å²) in [5.41, 5.74) is 0. The van der Waals surface area contributed by atoms with Crippen LogP contribution in [0, 0.1) is 0 Å². The van der Waals surface area contributed by atoms with Crippen LogP contribution in [0.2, 0.25) is 0 Å². The monoisotopic (exact) mass is 1100 g/mol. The Morgan fingerprint density at radius 3 is 0.775 bits per heavy atom. The summed E-state index contributed by atoms with van der Waals surface area (Å²) in [4.78, 5) is 38.3. The van der Waals surface area contributed by atoms with Crippen molar-refractivity contribution in [2.45, 2.75) is 290 Å². The summed E-state index contributed by atoms with van der Waals surface area (Å²) < 4.78 is 16.9. The van der Waals surface area contributed by atoms with E-state index in [1.807, 2.05) is 0 Å². The van der Waals surface area contributed by atoms with Gasteiger partial charge < -0.3 is 14.2 Å². The Balaban J connectivity index is 4.33. The number of allylic oxidation sites excluding steroid dienone is 24. The van der Waals surface area contributed by atoms with E-state index in [0.29, 0.717) is 19.3 Å². The standard InChI is InChI=1S/C74H120O6/c1-4-7-10-13-16-19-22-25-27-29-31-32-33-34-35-36-37-38-39-40-41-42-43-45-46-49-52-55-58-61-64-67-73(76)79-70-71(69-78-72(75)66-63-60-57-54-51-48-24-21-18-15-12-9-6-3)80-74(77)68-65-62-59-56-53-50-47-44-30-28-26-23-20-17-14-11-8-5-2/h7,9-10,12,16,18-21,23,25,27-28,30-32,34-35,37-38,40-41,48,51,71H,4-6,8,11,13-15,17,22,24,26,29,33,36,39,42-47,49-50,52-70H2,1-3H3/b10-7-,12-9-,19-16-,21-18-,23-20-,27-25-,30-28-,32-31-,35-34-,38-37-,41-40-,51-48-.